The van der Waals surface area contributed by atoms with Gasteiger partial charge in [-0.2, -0.15) is 0 Å². The van der Waals surface area contributed by atoms with Crippen LogP contribution in [0.1, 0.15) is 28.9 Å². The van der Waals surface area contributed by atoms with E-state index >= 15 is 0 Å². The highest BCUT2D eigenvalue weighted by atomic mass is 32.1. The fraction of sp³-hybridized carbons (Fsp3) is 0.750. The lowest BCUT2D eigenvalue weighted by atomic mass is 10.3. The third-order valence-corrected chi connectivity index (χ3v) is 3.68. The maximum absolute atomic E-state index is 5.07. The SMILES string of the molecule is COCC(C)NCCCc1nc(C)c(C)s1. The summed E-state index contributed by atoms with van der Waals surface area (Å²) in [5, 5.41) is 4.69. The summed E-state index contributed by atoms with van der Waals surface area (Å²) < 4.78 is 5.07. The molecule has 4 heteroatoms. The number of nitrogens with one attached hydrogen (secondary N) is 1. The number of hydrogen-bond acceptors (Lipinski definition) is 4. The minimum absolute atomic E-state index is 0.435. The zero-order chi connectivity index (χ0) is 12.0. The van der Waals surface area contributed by atoms with E-state index in [1.165, 1.54) is 15.6 Å². The molecule has 0 amide bonds. The Bertz CT molecular complexity index is 292. The first-order valence-corrected chi connectivity index (χ1v) is 6.60. The molecule has 0 aromatic carbocycles. The van der Waals surface area contributed by atoms with Gasteiger partial charge in [0.15, 0.2) is 0 Å². The van der Waals surface area contributed by atoms with Crippen LogP contribution in [-0.2, 0) is 11.2 Å². The van der Waals surface area contributed by atoms with E-state index < -0.39 is 0 Å². The minimum atomic E-state index is 0.435. The number of aromatic nitrogens is 1. The number of rotatable bonds is 7. The first-order chi connectivity index (χ1) is 7.63. The molecular formula is C12H22N2OS. The molecule has 0 fully saturated rings. The summed E-state index contributed by atoms with van der Waals surface area (Å²) in [6.45, 7) is 8.16. The van der Waals surface area contributed by atoms with Crippen molar-refractivity contribution >= 4 is 11.3 Å². The van der Waals surface area contributed by atoms with E-state index in [4.69, 9.17) is 4.74 Å². The third-order valence-electron chi connectivity index (χ3n) is 2.55. The normalized spacial score (nSPS) is 13.0. The van der Waals surface area contributed by atoms with E-state index in [0.29, 0.717) is 6.04 Å². The van der Waals surface area contributed by atoms with Gasteiger partial charge in [0, 0.05) is 24.4 Å². The molecule has 92 valence electrons. The molecule has 0 saturated carbocycles. The molecule has 0 bridgehead atoms. The Morgan fingerprint density at radius 3 is 2.75 bits per heavy atom. The molecule has 0 spiro atoms. The number of methoxy groups -OCH3 is 1. The molecule has 0 aliphatic carbocycles. The van der Waals surface area contributed by atoms with Crippen LogP contribution in [0.25, 0.3) is 0 Å². The van der Waals surface area contributed by atoms with Crippen molar-refractivity contribution in [2.24, 2.45) is 0 Å². The van der Waals surface area contributed by atoms with E-state index in [0.717, 1.165) is 26.0 Å². The number of ether oxygens (including phenoxy) is 1. The minimum Gasteiger partial charge on any atom is -0.383 e. The van der Waals surface area contributed by atoms with Crippen molar-refractivity contribution in [1.29, 1.82) is 0 Å². The Morgan fingerprint density at radius 1 is 1.44 bits per heavy atom. The van der Waals surface area contributed by atoms with Crippen molar-refractivity contribution in [1.82, 2.24) is 10.3 Å². The van der Waals surface area contributed by atoms with Gasteiger partial charge in [0.25, 0.3) is 0 Å². The third kappa shape index (κ3) is 4.60. The molecule has 1 N–H and O–H groups in total. The summed E-state index contributed by atoms with van der Waals surface area (Å²) in [5.74, 6) is 0. The highest BCUT2D eigenvalue weighted by Crippen LogP contribution is 2.17. The summed E-state index contributed by atoms with van der Waals surface area (Å²) in [6.07, 6.45) is 2.21. The summed E-state index contributed by atoms with van der Waals surface area (Å²) in [5.41, 5.74) is 1.18. The lowest BCUT2D eigenvalue weighted by Gasteiger charge is -2.11. The Balaban J connectivity index is 2.16. The number of nitrogens with zero attached hydrogens (tertiary/aromatic N) is 1. The summed E-state index contributed by atoms with van der Waals surface area (Å²) in [7, 11) is 1.74. The highest BCUT2D eigenvalue weighted by molar-refractivity contribution is 7.11. The van der Waals surface area contributed by atoms with Crippen LogP contribution in [-0.4, -0.2) is 31.3 Å². The lowest BCUT2D eigenvalue weighted by Crippen LogP contribution is -2.31. The molecule has 16 heavy (non-hydrogen) atoms. The predicted molar refractivity (Wildman–Crippen MR) is 69.2 cm³/mol. The van der Waals surface area contributed by atoms with Crippen molar-refractivity contribution in [3.8, 4) is 0 Å². The Morgan fingerprint density at radius 2 is 2.19 bits per heavy atom. The van der Waals surface area contributed by atoms with E-state index in [1.807, 2.05) is 11.3 Å². The zero-order valence-electron chi connectivity index (χ0n) is 10.7. The van der Waals surface area contributed by atoms with Crippen LogP contribution in [0.4, 0.5) is 0 Å². The lowest BCUT2D eigenvalue weighted by molar-refractivity contribution is 0.172. The van der Waals surface area contributed by atoms with Gasteiger partial charge in [0.1, 0.15) is 0 Å². The summed E-state index contributed by atoms with van der Waals surface area (Å²) in [4.78, 5) is 5.87. The fourth-order valence-corrected chi connectivity index (χ4v) is 2.52. The predicted octanol–water partition coefficient (Wildman–Crippen LogP) is 2.32. The molecule has 1 rings (SSSR count). The average molecular weight is 242 g/mol. The molecule has 1 aromatic heterocycles. The second-order valence-electron chi connectivity index (χ2n) is 4.16. The second-order valence-corrected chi connectivity index (χ2v) is 5.45. The van der Waals surface area contributed by atoms with Crippen LogP contribution >= 0.6 is 11.3 Å². The zero-order valence-corrected chi connectivity index (χ0v) is 11.5. The van der Waals surface area contributed by atoms with Gasteiger partial charge in [0.05, 0.1) is 17.3 Å². The van der Waals surface area contributed by atoms with Crippen LogP contribution in [0.2, 0.25) is 0 Å². The van der Waals surface area contributed by atoms with Crippen molar-refractivity contribution in [3.63, 3.8) is 0 Å². The summed E-state index contributed by atoms with van der Waals surface area (Å²) >= 11 is 1.82. The van der Waals surface area contributed by atoms with Crippen molar-refractivity contribution in [2.75, 3.05) is 20.3 Å². The molecule has 0 aliphatic heterocycles. The highest BCUT2D eigenvalue weighted by Gasteiger charge is 2.04. The van der Waals surface area contributed by atoms with Gasteiger partial charge >= 0.3 is 0 Å². The number of hydrogen-bond donors (Lipinski definition) is 1. The molecular weight excluding hydrogens is 220 g/mol. The standard InChI is InChI=1S/C12H22N2OS/c1-9(8-15-4)13-7-5-6-12-14-10(2)11(3)16-12/h9,13H,5-8H2,1-4H3. The van der Waals surface area contributed by atoms with Crippen LogP contribution in [0.5, 0.6) is 0 Å². The fourth-order valence-electron chi connectivity index (χ4n) is 1.54. The molecule has 1 atom stereocenters. The first-order valence-electron chi connectivity index (χ1n) is 5.78. The maximum atomic E-state index is 5.07. The van der Waals surface area contributed by atoms with Crippen LogP contribution in [0.15, 0.2) is 0 Å². The van der Waals surface area contributed by atoms with Gasteiger partial charge < -0.3 is 10.1 Å². The molecule has 0 aliphatic rings. The topological polar surface area (TPSA) is 34.1 Å². The molecule has 1 aromatic rings. The van der Waals surface area contributed by atoms with Gasteiger partial charge in [-0.05, 0) is 33.7 Å². The Labute approximate surface area is 102 Å². The van der Waals surface area contributed by atoms with E-state index in [9.17, 15) is 0 Å². The summed E-state index contributed by atoms with van der Waals surface area (Å²) in [6, 6.07) is 0.435. The number of thiazole rings is 1. The molecule has 3 nitrogen and oxygen atoms in total. The Hall–Kier alpha value is -0.450. The maximum Gasteiger partial charge on any atom is 0.0931 e. The molecule has 0 radical (unpaired) electrons. The Kier molecular flexibility index (Phi) is 5.95. The van der Waals surface area contributed by atoms with Gasteiger partial charge in [0.2, 0.25) is 0 Å². The quantitative estimate of drug-likeness (QED) is 0.745. The largest absolute Gasteiger partial charge is 0.383 e. The van der Waals surface area contributed by atoms with Gasteiger partial charge in [-0.15, -0.1) is 11.3 Å². The van der Waals surface area contributed by atoms with E-state index in [1.54, 1.807) is 7.11 Å². The average Bonchev–Trinajstić information content (AvgIpc) is 2.54. The van der Waals surface area contributed by atoms with Gasteiger partial charge in [-0.1, -0.05) is 0 Å². The van der Waals surface area contributed by atoms with Crippen LogP contribution in [0, 0.1) is 13.8 Å². The monoisotopic (exact) mass is 242 g/mol. The van der Waals surface area contributed by atoms with Crippen LogP contribution in [0.3, 0.4) is 0 Å². The van der Waals surface area contributed by atoms with Crippen LogP contribution < -0.4 is 5.32 Å². The first kappa shape index (κ1) is 13.6. The van der Waals surface area contributed by atoms with E-state index in [-0.39, 0.29) is 0 Å². The van der Waals surface area contributed by atoms with Gasteiger partial charge in [-0.25, -0.2) is 4.98 Å². The van der Waals surface area contributed by atoms with Crippen molar-refractivity contribution in [2.45, 2.75) is 39.7 Å². The molecule has 1 heterocycles. The number of aryl methyl sites for hydroxylation is 3. The second kappa shape index (κ2) is 6.99. The van der Waals surface area contributed by atoms with Crippen molar-refractivity contribution < 1.29 is 4.74 Å². The van der Waals surface area contributed by atoms with Crippen molar-refractivity contribution in [3.05, 3.63) is 15.6 Å². The molecule has 1 unspecified atom stereocenters. The molecule has 0 saturated heterocycles. The smallest absolute Gasteiger partial charge is 0.0931 e. The van der Waals surface area contributed by atoms with Gasteiger partial charge in [-0.3, -0.25) is 0 Å². The van der Waals surface area contributed by atoms with E-state index in [2.05, 4.69) is 31.1 Å².